The van der Waals surface area contributed by atoms with Gasteiger partial charge in [-0.2, -0.15) is 10.4 Å². The molecule has 0 spiro atoms. The Morgan fingerprint density at radius 3 is 2.85 bits per heavy atom. The van der Waals surface area contributed by atoms with Crippen LogP contribution in [0.1, 0.15) is 12.0 Å². The first-order valence-corrected chi connectivity index (χ1v) is 11.4. The van der Waals surface area contributed by atoms with Crippen LogP contribution in [-0.4, -0.2) is 32.4 Å². The topological polar surface area (TPSA) is 71.5 Å². The van der Waals surface area contributed by atoms with Crippen LogP contribution in [0.15, 0.2) is 61.1 Å². The van der Waals surface area contributed by atoms with Gasteiger partial charge in [0.2, 0.25) is 0 Å². The van der Waals surface area contributed by atoms with Crippen LogP contribution in [0.25, 0.3) is 44.2 Å². The molecule has 168 valence electrons. The number of nitrogens with zero attached hydrogens (tertiary/aromatic N) is 5. The summed E-state index contributed by atoms with van der Waals surface area (Å²) in [6.07, 6.45) is 7.15. The van der Waals surface area contributed by atoms with Crippen LogP contribution >= 0.6 is 0 Å². The molecule has 5 aromatic rings. The molecule has 1 N–H and O–H groups in total. The van der Waals surface area contributed by atoms with Crippen molar-refractivity contribution >= 4 is 21.8 Å². The van der Waals surface area contributed by atoms with Crippen molar-refractivity contribution in [1.29, 1.82) is 5.26 Å². The van der Waals surface area contributed by atoms with Gasteiger partial charge in [-0.1, -0.05) is 18.2 Å². The van der Waals surface area contributed by atoms with Gasteiger partial charge in [0.05, 0.1) is 28.5 Å². The maximum atomic E-state index is 14.7. The van der Waals surface area contributed by atoms with Crippen molar-refractivity contribution in [2.45, 2.75) is 13.0 Å². The van der Waals surface area contributed by atoms with Gasteiger partial charge < -0.3 is 9.88 Å². The lowest BCUT2D eigenvalue weighted by Gasteiger charge is -2.14. The first-order chi connectivity index (χ1) is 16.6. The predicted octanol–water partition coefficient (Wildman–Crippen LogP) is 4.88. The third kappa shape index (κ3) is 3.44. The molecule has 1 aliphatic heterocycles. The summed E-state index contributed by atoms with van der Waals surface area (Å²) in [5, 5.41) is 19.2. The van der Waals surface area contributed by atoms with Crippen LogP contribution in [0.2, 0.25) is 0 Å². The Morgan fingerprint density at radius 1 is 1.18 bits per heavy atom. The highest BCUT2D eigenvalue weighted by molar-refractivity contribution is 6.02. The molecule has 7 heteroatoms. The summed E-state index contributed by atoms with van der Waals surface area (Å²) in [5.74, 6) is 0.0530. The second-order valence-corrected chi connectivity index (χ2v) is 8.99. The number of fused-ring (bicyclic) bond motifs is 2. The van der Waals surface area contributed by atoms with Crippen molar-refractivity contribution < 1.29 is 4.39 Å². The molecule has 0 radical (unpaired) electrons. The quantitative estimate of drug-likeness (QED) is 0.424. The second kappa shape index (κ2) is 8.08. The van der Waals surface area contributed by atoms with Gasteiger partial charge in [0.15, 0.2) is 0 Å². The van der Waals surface area contributed by atoms with E-state index in [9.17, 15) is 9.65 Å². The van der Waals surface area contributed by atoms with Crippen molar-refractivity contribution in [2.75, 3.05) is 13.1 Å². The number of pyridine rings is 1. The zero-order valence-electron chi connectivity index (χ0n) is 18.8. The molecule has 0 unspecified atom stereocenters. The monoisotopic (exact) mass is 450 g/mol. The molecule has 0 aliphatic carbocycles. The van der Waals surface area contributed by atoms with Gasteiger partial charge in [0.25, 0.3) is 0 Å². The number of aromatic nitrogens is 4. The first kappa shape index (κ1) is 20.6. The molecule has 4 heterocycles. The van der Waals surface area contributed by atoms with E-state index in [4.69, 9.17) is 4.98 Å². The fraction of sp³-hybridized carbons (Fsp3) is 0.222. The molecular weight excluding hydrogens is 427 g/mol. The van der Waals surface area contributed by atoms with Gasteiger partial charge in [-0.15, -0.1) is 0 Å². The van der Waals surface area contributed by atoms with Crippen molar-refractivity contribution in [2.24, 2.45) is 13.0 Å². The number of nitrogens with one attached hydrogen (secondary N) is 1. The largest absolute Gasteiger partial charge is 0.346 e. The second-order valence-electron chi connectivity index (χ2n) is 8.99. The van der Waals surface area contributed by atoms with Gasteiger partial charge in [-0.3, -0.25) is 9.67 Å². The predicted molar refractivity (Wildman–Crippen MR) is 131 cm³/mol. The maximum absolute atomic E-state index is 14.7. The Morgan fingerprint density at radius 2 is 2.06 bits per heavy atom. The summed E-state index contributed by atoms with van der Waals surface area (Å²) in [6.45, 7) is 2.99. The Labute approximate surface area is 196 Å². The van der Waals surface area contributed by atoms with E-state index in [1.54, 1.807) is 10.7 Å². The van der Waals surface area contributed by atoms with Gasteiger partial charge in [0.1, 0.15) is 11.9 Å². The number of hydrogen-bond acceptors (Lipinski definition) is 4. The van der Waals surface area contributed by atoms with Gasteiger partial charge >= 0.3 is 0 Å². The SMILES string of the molecule is Cn1cc2ccc(-c3ncc4c(ccn4C[C@@H]4CCNC4)c3-c3ccc(C#N)c(F)c3)cc2n1. The lowest BCUT2D eigenvalue weighted by Crippen LogP contribution is -2.14. The van der Waals surface area contributed by atoms with Crippen molar-refractivity contribution in [3.63, 3.8) is 0 Å². The number of benzene rings is 2. The molecule has 0 saturated carbocycles. The normalized spacial score (nSPS) is 15.9. The van der Waals surface area contributed by atoms with E-state index in [0.717, 1.165) is 64.7 Å². The zero-order chi connectivity index (χ0) is 23.2. The average Bonchev–Trinajstić information content (AvgIpc) is 3.58. The van der Waals surface area contributed by atoms with Crippen LogP contribution in [0.4, 0.5) is 4.39 Å². The van der Waals surface area contributed by atoms with Crippen molar-refractivity contribution in [3.8, 4) is 28.5 Å². The van der Waals surface area contributed by atoms with Gasteiger partial charge in [-0.25, -0.2) is 4.39 Å². The molecule has 6 rings (SSSR count). The standard InChI is InChI=1S/C27H23FN6/c1-33-16-21-5-3-19(11-24(21)32-33)27-26(18-2-4-20(12-29)23(28)10-18)22-7-9-34(25(22)14-31-27)15-17-6-8-30-13-17/h2-5,7,9-11,14,16-17,30H,6,8,13,15H2,1H3/t17-/m1/s1. The summed E-state index contributed by atoms with van der Waals surface area (Å²) in [4.78, 5) is 4.89. The van der Waals surface area contributed by atoms with E-state index in [1.165, 1.54) is 12.1 Å². The molecule has 3 aromatic heterocycles. The molecule has 1 fully saturated rings. The Hall–Kier alpha value is -4.02. The van der Waals surface area contributed by atoms with E-state index >= 15 is 0 Å². The number of halogens is 1. The Bertz CT molecular complexity index is 1580. The zero-order valence-corrected chi connectivity index (χ0v) is 18.8. The van der Waals surface area contributed by atoms with Crippen LogP contribution in [0.3, 0.4) is 0 Å². The lowest BCUT2D eigenvalue weighted by molar-refractivity contribution is 0.491. The third-order valence-corrected chi connectivity index (χ3v) is 6.72. The fourth-order valence-electron chi connectivity index (χ4n) is 5.02. The molecule has 1 saturated heterocycles. The van der Waals surface area contributed by atoms with Gasteiger partial charge in [0, 0.05) is 47.9 Å². The summed E-state index contributed by atoms with van der Waals surface area (Å²) in [7, 11) is 1.90. The Kier molecular flexibility index (Phi) is 4.89. The molecule has 1 atom stereocenters. The molecule has 34 heavy (non-hydrogen) atoms. The molecule has 0 bridgehead atoms. The summed E-state index contributed by atoms with van der Waals surface area (Å²) in [6, 6.07) is 14.9. The molecular formula is C27H23FN6. The Balaban J connectivity index is 1.56. The van der Waals surface area contributed by atoms with Crippen LogP contribution in [-0.2, 0) is 13.6 Å². The van der Waals surface area contributed by atoms with E-state index in [1.807, 2.05) is 43.7 Å². The lowest BCUT2D eigenvalue weighted by atomic mass is 9.95. The van der Waals surface area contributed by atoms with E-state index < -0.39 is 5.82 Å². The number of rotatable bonds is 4. The summed E-state index contributed by atoms with van der Waals surface area (Å²) >= 11 is 0. The average molecular weight is 451 g/mol. The van der Waals surface area contributed by atoms with E-state index in [-0.39, 0.29) is 5.56 Å². The van der Waals surface area contributed by atoms with Crippen molar-refractivity contribution in [1.82, 2.24) is 24.6 Å². The minimum atomic E-state index is -0.528. The third-order valence-electron chi connectivity index (χ3n) is 6.72. The molecule has 2 aromatic carbocycles. The number of aryl methyl sites for hydroxylation is 1. The minimum absolute atomic E-state index is 0.0339. The maximum Gasteiger partial charge on any atom is 0.141 e. The molecule has 0 amide bonds. The summed E-state index contributed by atoms with van der Waals surface area (Å²) < 4.78 is 18.7. The minimum Gasteiger partial charge on any atom is -0.346 e. The van der Waals surface area contributed by atoms with Crippen LogP contribution in [0.5, 0.6) is 0 Å². The van der Waals surface area contributed by atoms with Gasteiger partial charge in [-0.05, 0) is 55.3 Å². The smallest absolute Gasteiger partial charge is 0.141 e. The van der Waals surface area contributed by atoms with Crippen LogP contribution in [0, 0.1) is 23.1 Å². The molecule has 1 aliphatic rings. The van der Waals surface area contributed by atoms with E-state index in [2.05, 4.69) is 27.2 Å². The highest BCUT2D eigenvalue weighted by Crippen LogP contribution is 2.38. The number of hydrogen-bond donors (Lipinski definition) is 1. The van der Waals surface area contributed by atoms with Crippen molar-refractivity contribution in [3.05, 3.63) is 72.4 Å². The molecule has 6 nitrogen and oxygen atoms in total. The highest BCUT2D eigenvalue weighted by Gasteiger charge is 2.20. The van der Waals surface area contributed by atoms with Crippen LogP contribution < -0.4 is 5.32 Å². The first-order valence-electron chi connectivity index (χ1n) is 11.4. The number of nitriles is 1. The fourth-order valence-corrected chi connectivity index (χ4v) is 5.02. The van der Waals surface area contributed by atoms with E-state index in [0.29, 0.717) is 11.5 Å². The summed E-state index contributed by atoms with van der Waals surface area (Å²) in [5.41, 5.74) is 5.18. The highest BCUT2D eigenvalue weighted by atomic mass is 19.1.